The number of ketones is 1. The van der Waals surface area contributed by atoms with Crippen LogP contribution in [-0.2, 0) is 33.2 Å². The van der Waals surface area contributed by atoms with E-state index in [9.17, 15) is 9.90 Å². The fourth-order valence-corrected chi connectivity index (χ4v) is 8.38. The molecule has 0 aromatic heterocycles. The van der Waals surface area contributed by atoms with E-state index >= 15 is 0 Å². The third kappa shape index (κ3) is 5.15. The number of hydrogen-bond donors (Lipinski definition) is 1. The molecule has 4 aliphatic heterocycles. The number of carbonyl (C=O) groups excluding carboxylic acids is 1. The molecule has 0 amide bonds. The molecule has 0 aromatic rings. The molecule has 0 radical (unpaired) electrons. The number of rotatable bonds is 9. The van der Waals surface area contributed by atoms with Crippen molar-refractivity contribution < 1.29 is 38.3 Å². The highest BCUT2D eigenvalue weighted by Crippen LogP contribution is 2.46. The smallest absolute Gasteiger partial charge is 0.175 e. The lowest BCUT2D eigenvalue weighted by Gasteiger charge is -2.46. The molecule has 4 fully saturated rings. The molecule has 4 rings (SSSR count). The number of thioether (sulfide) groups is 2. The topological polar surface area (TPSA) is 92.7 Å². The summed E-state index contributed by atoms with van der Waals surface area (Å²) < 4.78 is 35.5. The van der Waals surface area contributed by atoms with Gasteiger partial charge in [-0.3, -0.25) is 4.79 Å². The number of aliphatic hydroxyl groups is 1. The van der Waals surface area contributed by atoms with E-state index in [4.69, 9.17) is 28.4 Å². The SMILES string of the molecule is CCC1([C@H](C)[C@@H](O)[C@H]2CSC[C@H]([C@@H](OCOC)[C@@H]3CSCCC34OCCO4)C2=O)OCCO1. The third-order valence-corrected chi connectivity index (χ3v) is 9.89. The Balaban J connectivity index is 1.54. The van der Waals surface area contributed by atoms with E-state index in [1.54, 1.807) is 18.9 Å². The van der Waals surface area contributed by atoms with Crippen molar-refractivity contribution in [3.8, 4) is 0 Å². The molecule has 1 spiro atoms. The largest absolute Gasteiger partial charge is 0.392 e. The number of aliphatic hydroxyl groups excluding tert-OH is 1. The minimum Gasteiger partial charge on any atom is -0.392 e. The lowest BCUT2D eigenvalue weighted by Crippen LogP contribution is -2.57. The van der Waals surface area contributed by atoms with Crippen LogP contribution in [0.5, 0.6) is 0 Å². The Labute approximate surface area is 205 Å². The van der Waals surface area contributed by atoms with Crippen LogP contribution in [0, 0.1) is 23.7 Å². The maximum Gasteiger partial charge on any atom is 0.175 e. The van der Waals surface area contributed by atoms with Gasteiger partial charge in [-0.05, 0) is 12.2 Å². The van der Waals surface area contributed by atoms with E-state index in [0.29, 0.717) is 44.4 Å². The number of carbonyl (C=O) groups is 1. The number of Topliss-reactive ketones (excluding diaryl/α,β-unsaturated/α-hetero) is 1. The van der Waals surface area contributed by atoms with Gasteiger partial charge in [-0.25, -0.2) is 0 Å². The molecular formula is C23H38O8S2. The molecule has 0 aliphatic carbocycles. The number of ether oxygens (including phenoxy) is 6. The molecule has 6 atom stereocenters. The van der Waals surface area contributed by atoms with Crippen LogP contribution in [-0.4, -0.2) is 98.0 Å². The second kappa shape index (κ2) is 11.4. The zero-order valence-corrected chi connectivity index (χ0v) is 21.5. The molecule has 4 saturated heterocycles. The van der Waals surface area contributed by atoms with Gasteiger partial charge in [0.2, 0.25) is 0 Å². The standard InChI is InChI=1S/C23H38O8S2/c1-4-22(28-6-7-29-22)15(2)19(24)16-11-33-12-17(20(16)25)21(27-14-26-3)18-13-32-10-5-23(18)30-8-9-31-23/h15-19,21,24H,4-14H2,1-3H3/t15-,16-,17+,18+,19-,21-/m1/s1. The van der Waals surface area contributed by atoms with E-state index in [-0.39, 0.29) is 30.3 Å². The van der Waals surface area contributed by atoms with Crippen LogP contribution in [0.15, 0.2) is 0 Å². The Kier molecular flexibility index (Phi) is 9.06. The van der Waals surface area contributed by atoms with E-state index in [0.717, 1.165) is 17.9 Å². The molecule has 0 unspecified atom stereocenters. The minimum absolute atomic E-state index is 0.0437. The highest BCUT2D eigenvalue weighted by Gasteiger charge is 2.55. The summed E-state index contributed by atoms with van der Waals surface area (Å²) in [6.45, 7) is 6.15. The van der Waals surface area contributed by atoms with Gasteiger partial charge in [-0.1, -0.05) is 13.8 Å². The summed E-state index contributed by atoms with van der Waals surface area (Å²) in [6, 6.07) is 0. The van der Waals surface area contributed by atoms with Crippen LogP contribution in [0.25, 0.3) is 0 Å². The first-order valence-electron chi connectivity index (χ1n) is 12.0. The van der Waals surface area contributed by atoms with Gasteiger partial charge >= 0.3 is 0 Å². The maximum absolute atomic E-state index is 13.9. The molecule has 33 heavy (non-hydrogen) atoms. The summed E-state index contributed by atoms with van der Waals surface area (Å²) in [7, 11) is 1.59. The minimum atomic E-state index is -0.859. The Morgan fingerprint density at radius 1 is 1.06 bits per heavy atom. The van der Waals surface area contributed by atoms with Crippen molar-refractivity contribution in [2.24, 2.45) is 23.7 Å². The second-order valence-corrected chi connectivity index (χ2v) is 11.5. The molecule has 10 heteroatoms. The molecule has 0 aromatic carbocycles. The highest BCUT2D eigenvalue weighted by atomic mass is 32.2. The summed E-state index contributed by atoms with van der Waals surface area (Å²) >= 11 is 3.54. The molecule has 190 valence electrons. The van der Waals surface area contributed by atoms with Crippen molar-refractivity contribution in [2.75, 3.05) is 63.3 Å². The van der Waals surface area contributed by atoms with Gasteiger partial charge < -0.3 is 33.5 Å². The Bertz CT molecular complexity index is 652. The van der Waals surface area contributed by atoms with Crippen molar-refractivity contribution in [1.82, 2.24) is 0 Å². The van der Waals surface area contributed by atoms with Crippen LogP contribution in [0.1, 0.15) is 26.7 Å². The maximum atomic E-state index is 13.9. The van der Waals surface area contributed by atoms with Gasteiger partial charge in [0.1, 0.15) is 12.6 Å². The Hall–Kier alpha value is 0.0900. The summed E-state index contributed by atoms with van der Waals surface area (Å²) in [6.07, 6.45) is 0.140. The monoisotopic (exact) mass is 506 g/mol. The lowest BCUT2D eigenvalue weighted by atomic mass is 9.76. The second-order valence-electron chi connectivity index (χ2n) is 9.27. The van der Waals surface area contributed by atoms with Gasteiger partial charge in [0, 0.05) is 42.6 Å². The first-order valence-corrected chi connectivity index (χ1v) is 14.3. The Morgan fingerprint density at radius 3 is 2.39 bits per heavy atom. The predicted molar refractivity (Wildman–Crippen MR) is 126 cm³/mol. The summed E-state index contributed by atoms with van der Waals surface area (Å²) in [5, 5.41) is 11.3. The summed E-state index contributed by atoms with van der Waals surface area (Å²) in [5.74, 6) is 0.199. The summed E-state index contributed by atoms with van der Waals surface area (Å²) in [5.41, 5.74) is 0. The van der Waals surface area contributed by atoms with Crippen molar-refractivity contribution >= 4 is 29.3 Å². The average molecular weight is 507 g/mol. The quantitative estimate of drug-likeness (QED) is 0.469. The van der Waals surface area contributed by atoms with Gasteiger partial charge in [-0.15, -0.1) is 0 Å². The van der Waals surface area contributed by atoms with Crippen LogP contribution >= 0.6 is 23.5 Å². The molecule has 4 aliphatic rings. The van der Waals surface area contributed by atoms with Crippen LogP contribution in [0.4, 0.5) is 0 Å². The lowest BCUT2D eigenvalue weighted by molar-refractivity contribution is -0.235. The van der Waals surface area contributed by atoms with E-state index in [1.165, 1.54) is 0 Å². The molecule has 8 nitrogen and oxygen atoms in total. The zero-order valence-electron chi connectivity index (χ0n) is 19.9. The zero-order chi connectivity index (χ0) is 23.5. The van der Waals surface area contributed by atoms with Crippen molar-refractivity contribution in [3.63, 3.8) is 0 Å². The van der Waals surface area contributed by atoms with E-state index in [1.807, 2.05) is 25.6 Å². The normalized spacial score (nSPS) is 34.4. The molecule has 0 bridgehead atoms. The van der Waals surface area contributed by atoms with Gasteiger partial charge in [0.25, 0.3) is 0 Å². The van der Waals surface area contributed by atoms with E-state index in [2.05, 4.69) is 0 Å². The fourth-order valence-electron chi connectivity index (χ4n) is 5.72. The van der Waals surface area contributed by atoms with Gasteiger partial charge in [0.05, 0.1) is 50.5 Å². The molecule has 0 saturated carbocycles. The average Bonchev–Trinajstić information content (AvgIpc) is 3.51. The van der Waals surface area contributed by atoms with Gasteiger partial charge in [-0.2, -0.15) is 23.5 Å². The van der Waals surface area contributed by atoms with Crippen molar-refractivity contribution in [1.29, 1.82) is 0 Å². The van der Waals surface area contributed by atoms with E-state index < -0.39 is 29.7 Å². The molecular weight excluding hydrogens is 468 g/mol. The Morgan fingerprint density at radius 2 is 1.73 bits per heavy atom. The first-order chi connectivity index (χ1) is 16.0. The summed E-state index contributed by atoms with van der Waals surface area (Å²) in [4.78, 5) is 13.9. The predicted octanol–water partition coefficient (Wildman–Crippen LogP) is 2.17. The third-order valence-electron chi connectivity index (χ3n) is 7.62. The number of methoxy groups -OCH3 is 1. The van der Waals surface area contributed by atoms with Crippen molar-refractivity contribution in [3.05, 3.63) is 0 Å². The molecule has 4 heterocycles. The molecule has 1 N–H and O–H groups in total. The number of hydrogen-bond acceptors (Lipinski definition) is 10. The van der Waals surface area contributed by atoms with Crippen LogP contribution < -0.4 is 0 Å². The first kappa shape index (κ1) is 26.2. The van der Waals surface area contributed by atoms with Crippen LogP contribution in [0.3, 0.4) is 0 Å². The fraction of sp³-hybridized carbons (Fsp3) is 0.957. The highest BCUT2D eigenvalue weighted by molar-refractivity contribution is 7.99. The van der Waals surface area contributed by atoms with Crippen molar-refractivity contribution in [2.45, 2.75) is 50.5 Å². The van der Waals surface area contributed by atoms with Crippen LogP contribution in [0.2, 0.25) is 0 Å². The van der Waals surface area contributed by atoms with Gasteiger partial charge in [0.15, 0.2) is 11.6 Å².